The van der Waals surface area contributed by atoms with Crippen molar-refractivity contribution in [2.45, 2.75) is 13.5 Å². The van der Waals surface area contributed by atoms with Crippen LogP contribution < -0.4 is 15.6 Å². The molecule has 0 atom stereocenters. The summed E-state index contributed by atoms with van der Waals surface area (Å²) in [6.45, 7) is 2.34. The van der Waals surface area contributed by atoms with Gasteiger partial charge in [-0.05, 0) is 55.5 Å². The molecule has 3 aromatic rings. The fraction of sp³-hybridized carbons (Fsp3) is 0.150. The lowest BCUT2D eigenvalue weighted by atomic mass is 10.1. The van der Waals surface area contributed by atoms with Crippen LogP contribution in [0.3, 0.4) is 0 Å². The van der Waals surface area contributed by atoms with Crippen LogP contribution in [0.5, 0.6) is 5.75 Å². The van der Waals surface area contributed by atoms with Crippen LogP contribution in [0.2, 0.25) is 0 Å². The summed E-state index contributed by atoms with van der Waals surface area (Å²) in [5.41, 5.74) is 1.74. The lowest BCUT2D eigenvalue weighted by molar-refractivity contribution is -0.117. The molecule has 0 aliphatic heterocycles. The molecule has 0 aliphatic rings. The van der Waals surface area contributed by atoms with E-state index in [0.29, 0.717) is 18.0 Å². The minimum Gasteiger partial charge on any atom is -0.494 e. The van der Waals surface area contributed by atoms with E-state index < -0.39 is 0 Å². The van der Waals surface area contributed by atoms with E-state index in [0.717, 1.165) is 20.5 Å². The van der Waals surface area contributed by atoms with Gasteiger partial charge in [0, 0.05) is 21.8 Å². The Balaban J connectivity index is 1.76. The predicted molar refractivity (Wildman–Crippen MR) is 108 cm³/mol. The summed E-state index contributed by atoms with van der Waals surface area (Å²) in [7, 11) is 0. The number of amides is 1. The number of carbonyl (C=O) groups is 1. The molecule has 1 amide bonds. The largest absolute Gasteiger partial charge is 0.494 e. The second-order valence-corrected chi connectivity index (χ2v) is 6.65. The molecular formula is C20H18BrN3O3. The van der Waals surface area contributed by atoms with Crippen molar-refractivity contribution in [3.8, 4) is 17.0 Å². The number of ether oxygens (including phenoxy) is 1. The Labute approximate surface area is 164 Å². The van der Waals surface area contributed by atoms with E-state index in [1.54, 1.807) is 18.2 Å². The highest BCUT2D eigenvalue weighted by molar-refractivity contribution is 9.10. The number of benzene rings is 2. The molecule has 1 aromatic heterocycles. The summed E-state index contributed by atoms with van der Waals surface area (Å²) in [6.07, 6.45) is 0. The second kappa shape index (κ2) is 8.64. The van der Waals surface area contributed by atoms with E-state index in [1.807, 2.05) is 43.3 Å². The normalized spacial score (nSPS) is 10.4. The zero-order valence-electron chi connectivity index (χ0n) is 14.7. The first-order chi connectivity index (χ1) is 13.0. The summed E-state index contributed by atoms with van der Waals surface area (Å²) in [5.74, 6) is 0.439. The molecule has 0 fully saturated rings. The molecular weight excluding hydrogens is 410 g/mol. The first kappa shape index (κ1) is 18.8. The minimum absolute atomic E-state index is 0.170. The third kappa shape index (κ3) is 5.04. The monoisotopic (exact) mass is 427 g/mol. The maximum Gasteiger partial charge on any atom is 0.267 e. The van der Waals surface area contributed by atoms with Crippen LogP contribution in [0, 0.1) is 0 Å². The van der Waals surface area contributed by atoms with Crippen molar-refractivity contribution >= 4 is 27.5 Å². The highest BCUT2D eigenvalue weighted by Gasteiger charge is 2.09. The van der Waals surface area contributed by atoms with Gasteiger partial charge in [0.2, 0.25) is 5.91 Å². The highest BCUT2D eigenvalue weighted by Crippen LogP contribution is 2.20. The molecule has 0 saturated heterocycles. The number of aromatic nitrogens is 2. The Morgan fingerprint density at radius 3 is 2.63 bits per heavy atom. The van der Waals surface area contributed by atoms with Crippen molar-refractivity contribution in [2.24, 2.45) is 0 Å². The molecule has 1 heterocycles. The summed E-state index contributed by atoms with van der Waals surface area (Å²) in [5, 5.41) is 7.06. The molecule has 138 valence electrons. The molecule has 0 saturated carbocycles. The molecule has 6 nitrogen and oxygen atoms in total. The molecule has 7 heteroatoms. The predicted octanol–water partition coefficient (Wildman–Crippen LogP) is 3.71. The second-order valence-electron chi connectivity index (χ2n) is 5.73. The Morgan fingerprint density at radius 1 is 1.15 bits per heavy atom. The fourth-order valence-electron chi connectivity index (χ4n) is 2.51. The minimum atomic E-state index is -0.339. The van der Waals surface area contributed by atoms with Gasteiger partial charge in [-0.1, -0.05) is 22.0 Å². The maximum absolute atomic E-state index is 12.3. The Hall–Kier alpha value is -2.93. The number of carbonyl (C=O) groups excluding carboxylic acids is 1. The third-order valence-electron chi connectivity index (χ3n) is 3.73. The van der Waals surface area contributed by atoms with Gasteiger partial charge in [0.1, 0.15) is 12.3 Å². The van der Waals surface area contributed by atoms with E-state index in [-0.39, 0.29) is 18.0 Å². The Bertz CT molecular complexity index is 1000. The van der Waals surface area contributed by atoms with Crippen molar-refractivity contribution < 1.29 is 9.53 Å². The van der Waals surface area contributed by atoms with E-state index in [1.165, 1.54) is 6.07 Å². The van der Waals surface area contributed by atoms with Gasteiger partial charge in [0.15, 0.2) is 0 Å². The zero-order valence-corrected chi connectivity index (χ0v) is 16.3. The number of hydrogen-bond donors (Lipinski definition) is 1. The lowest BCUT2D eigenvalue weighted by Crippen LogP contribution is -2.29. The van der Waals surface area contributed by atoms with Gasteiger partial charge < -0.3 is 10.1 Å². The van der Waals surface area contributed by atoms with Crippen molar-refractivity contribution in [3.63, 3.8) is 0 Å². The molecule has 0 aliphatic carbocycles. The van der Waals surface area contributed by atoms with Crippen molar-refractivity contribution in [1.82, 2.24) is 9.78 Å². The van der Waals surface area contributed by atoms with Crippen LogP contribution in [0.4, 0.5) is 5.69 Å². The molecule has 0 radical (unpaired) electrons. The van der Waals surface area contributed by atoms with Crippen LogP contribution >= 0.6 is 15.9 Å². The maximum atomic E-state index is 12.3. The van der Waals surface area contributed by atoms with Crippen LogP contribution in [0.15, 0.2) is 69.9 Å². The molecule has 1 N–H and O–H groups in total. The molecule has 3 rings (SSSR count). The summed E-state index contributed by atoms with van der Waals surface area (Å²) in [4.78, 5) is 24.3. The van der Waals surface area contributed by atoms with Crippen LogP contribution in [-0.4, -0.2) is 22.3 Å². The SMILES string of the molecule is CCOc1ccc(-c2ccc(=O)n(CC(=O)Nc3cccc(Br)c3)n2)cc1. The lowest BCUT2D eigenvalue weighted by Gasteiger charge is -2.09. The number of rotatable bonds is 6. The number of halogens is 1. The Kier molecular flexibility index (Phi) is 6.03. The average molecular weight is 428 g/mol. The number of nitrogens with one attached hydrogen (secondary N) is 1. The Morgan fingerprint density at radius 2 is 1.93 bits per heavy atom. The summed E-state index contributed by atoms with van der Waals surface area (Å²) >= 11 is 3.35. The first-order valence-corrected chi connectivity index (χ1v) is 9.21. The third-order valence-corrected chi connectivity index (χ3v) is 4.22. The molecule has 0 spiro atoms. The average Bonchev–Trinajstić information content (AvgIpc) is 2.64. The number of hydrogen-bond acceptors (Lipinski definition) is 4. The molecule has 27 heavy (non-hydrogen) atoms. The van der Waals surface area contributed by atoms with E-state index in [2.05, 4.69) is 26.3 Å². The van der Waals surface area contributed by atoms with Crippen molar-refractivity contribution in [1.29, 1.82) is 0 Å². The van der Waals surface area contributed by atoms with E-state index in [9.17, 15) is 9.59 Å². The van der Waals surface area contributed by atoms with Gasteiger partial charge >= 0.3 is 0 Å². The van der Waals surface area contributed by atoms with Crippen molar-refractivity contribution in [3.05, 3.63) is 75.5 Å². The van der Waals surface area contributed by atoms with Gasteiger partial charge in [-0.25, -0.2) is 4.68 Å². The van der Waals surface area contributed by atoms with Gasteiger partial charge in [0.05, 0.1) is 12.3 Å². The number of anilines is 1. The highest BCUT2D eigenvalue weighted by atomic mass is 79.9. The van der Waals surface area contributed by atoms with Crippen LogP contribution in [0.1, 0.15) is 6.92 Å². The fourth-order valence-corrected chi connectivity index (χ4v) is 2.91. The van der Waals surface area contributed by atoms with E-state index >= 15 is 0 Å². The van der Waals surface area contributed by atoms with Crippen LogP contribution in [-0.2, 0) is 11.3 Å². The summed E-state index contributed by atoms with van der Waals surface area (Å²) < 4.78 is 7.43. The molecule has 0 bridgehead atoms. The van der Waals surface area contributed by atoms with Crippen LogP contribution in [0.25, 0.3) is 11.3 Å². The zero-order chi connectivity index (χ0) is 19.2. The van der Waals surface area contributed by atoms with Crippen molar-refractivity contribution in [2.75, 3.05) is 11.9 Å². The van der Waals surface area contributed by atoms with E-state index in [4.69, 9.17) is 4.74 Å². The van der Waals surface area contributed by atoms with Gasteiger partial charge in [-0.15, -0.1) is 0 Å². The topological polar surface area (TPSA) is 73.2 Å². The van der Waals surface area contributed by atoms with Gasteiger partial charge in [-0.2, -0.15) is 5.10 Å². The standard InChI is InChI=1S/C20H18BrN3O3/c1-2-27-17-8-6-14(7-9-17)18-10-11-20(26)24(23-18)13-19(25)22-16-5-3-4-15(21)12-16/h3-12H,2,13H2,1H3,(H,22,25). The molecule has 2 aromatic carbocycles. The molecule has 0 unspecified atom stereocenters. The number of nitrogens with zero attached hydrogens (tertiary/aromatic N) is 2. The smallest absolute Gasteiger partial charge is 0.267 e. The first-order valence-electron chi connectivity index (χ1n) is 8.42. The van der Waals surface area contributed by atoms with Gasteiger partial charge in [-0.3, -0.25) is 9.59 Å². The quantitative estimate of drug-likeness (QED) is 0.650. The van der Waals surface area contributed by atoms with Gasteiger partial charge in [0.25, 0.3) is 5.56 Å². The summed E-state index contributed by atoms with van der Waals surface area (Å²) in [6, 6.07) is 17.7.